The Bertz CT molecular complexity index is 414. The molecular weight excluding hydrogens is 260 g/mol. The fourth-order valence-corrected chi connectivity index (χ4v) is 3.35. The minimum absolute atomic E-state index is 0.144. The predicted octanol–water partition coefficient (Wildman–Crippen LogP) is 4.25. The van der Waals surface area contributed by atoms with E-state index in [1.54, 1.807) is 17.9 Å². The van der Waals surface area contributed by atoms with E-state index in [0.717, 1.165) is 18.8 Å². The smallest absolute Gasteiger partial charge is 0.185 e. The average Bonchev–Trinajstić information content (AvgIpc) is 2.76. The van der Waals surface area contributed by atoms with Gasteiger partial charge in [-0.2, -0.15) is 5.10 Å². The molecule has 0 aliphatic heterocycles. The van der Waals surface area contributed by atoms with Gasteiger partial charge in [0.15, 0.2) is 5.78 Å². The van der Waals surface area contributed by atoms with Crippen LogP contribution in [-0.2, 0) is 7.05 Å². The van der Waals surface area contributed by atoms with E-state index in [1.165, 1.54) is 32.1 Å². The summed E-state index contributed by atoms with van der Waals surface area (Å²) in [5, 5.41) is 4.54. The van der Waals surface area contributed by atoms with Crippen molar-refractivity contribution in [3.8, 4) is 0 Å². The van der Waals surface area contributed by atoms with Gasteiger partial charge in [0.2, 0.25) is 0 Å². The van der Waals surface area contributed by atoms with Crippen LogP contribution in [0.15, 0.2) is 6.20 Å². The van der Waals surface area contributed by atoms with Gasteiger partial charge in [-0.05, 0) is 31.6 Å². The third-order valence-electron chi connectivity index (χ3n) is 4.31. The molecule has 106 valence electrons. The van der Waals surface area contributed by atoms with Gasteiger partial charge in [-0.15, -0.1) is 0 Å². The Morgan fingerprint density at radius 3 is 2.63 bits per heavy atom. The summed E-state index contributed by atoms with van der Waals surface area (Å²) in [5.41, 5.74) is 0.582. The normalized spacial score (nSPS) is 23.5. The average molecular weight is 283 g/mol. The molecule has 0 saturated heterocycles. The van der Waals surface area contributed by atoms with Gasteiger partial charge in [-0.1, -0.05) is 37.8 Å². The summed E-state index contributed by atoms with van der Waals surface area (Å²) in [6, 6.07) is 0. The van der Waals surface area contributed by atoms with Crippen LogP contribution in [0.3, 0.4) is 0 Å². The summed E-state index contributed by atoms with van der Waals surface area (Å²) in [5.74, 6) is 1.15. The first-order chi connectivity index (χ1) is 9.13. The van der Waals surface area contributed by atoms with Gasteiger partial charge in [-0.3, -0.25) is 9.48 Å². The highest BCUT2D eigenvalue weighted by atomic mass is 35.5. The number of nitrogens with zero attached hydrogens (tertiary/aromatic N) is 2. The first-order valence-corrected chi connectivity index (χ1v) is 7.73. The monoisotopic (exact) mass is 282 g/mol. The lowest BCUT2D eigenvalue weighted by Crippen LogP contribution is -2.24. The van der Waals surface area contributed by atoms with E-state index < -0.39 is 0 Å². The lowest BCUT2D eigenvalue weighted by Gasteiger charge is -2.27. The third kappa shape index (κ3) is 3.38. The van der Waals surface area contributed by atoms with Crippen molar-refractivity contribution in [2.45, 2.75) is 51.9 Å². The van der Waals surface area contributed by atoms with E-state index >= 15 is 0 Å². The van der Waals surface area contributed by atoms with Gasteiger partial charge in [-0.25, -0.2) is 0 Å². The van der Waals surface area contributed by atoms with Crippen LogP contribution in [0.5, 0.6) is 0 Å². The van der Waals surface area contributed by atoms with Crippen LogP contribution in [0.4, 0.5) is 0 Å². The topological polar surface area (TPSA) is 34.9 Å². The molecular formula is C15H23ClN2O. The highest BCUT2D eigenvalue weighted by Gasteiger charge is 2.29. The number of carbonyl (C=O) groups is 1. The molecule has 3 nitrogen and oxygen atoms in total. The lowest BCUT2D eigenvalue weighted by atomic mass is 9.77. The first-order valence-electron chi connectivity index (χ1n) is 7.35. The van der Waals surface area contributed by atoms with E-state index in [4.69, 9.17) is 11.6 Å². The molecule has 0 spiro atoms. The molecule has 1 saturated carbocycles. The second-order valence-electron chi connectivity index (χ2n) is 5.69. The highest BCUT2D eigenvalue weighted by Crippen LogP contribution is 2.34. The Kier molecular flexibility index (Phi) is 5.03. The first kappa shape index (κ1) is 14.6. The number of hydrogen-bond donors (Lipinski definition) is 0. The maximum absolute atomic E-state index is 12.5. The van der Waals surface area contributed by atoms with E-state index in [2.05, 4.69) is 12.0 Å². The molecule has 1 aromatic rings. The molecule has 1 aromatic heterocycles. The van der Waals surface area contributed by atoms with Crippen molar-refractivity contribution < 1.29 is 4.79 Å². The van der Waals surface area contributed by atoms with Gasteiger partial charge in [0, 0.05) is 13.0 Å². The lowest BCUT2D eigenvalue weighted by molar-refractivity contribution is 0.0859. The summed E-state index contributed by atoms with van der Waals surface area (Å²) in [7, 11) is 1.78. The van der Waals surface area contributed by atoms with Crippen LogP contribution in [0.25, 0.3) is 0 Å². The number of hydrogen-bond acceptors (Lipinski definition) is 2. The molecule has 1 heterocycles. The van der Waals surface area contributed by atoms with Gasteiger partial charge in [0.25, 0.3) is 0 Å². The number of aromatic nitrogens is 2. The van der Waals surface area contributed by atoms with Crippen LogP contribution >= 0.6 is 11.6 Å². The van der Waals surface area contributed by atoms with Crippen molar-refractivity contribution in [2.75, 3.05) is 0 Å². The quantitative estimate of drug-likeness (QED) is 0.757. The maximum atomic E-state index is 12.5. The zero-order valence-electron chi connectivity index (χ0n) is 11.9. The zero-order valence-corrected chi connectivity index (χ0v) is 12.6. The molecule has 0 aromatic carbocycles. The van der Waals surface area contributed by atoms with E-state index in [1.807, 2.05) is 0 Å². The third-order valence-corrected chi connectivity index (χ3v) is 4.59. The van der Waals surface area contributed by atoms with E-state index in [0.29, 0.717) is 10.7 Å². The van der Waals surface area contributed by atoms with Crippen LogP contribution in [-0.4, -0.2) is 15.6 Å². The summed E-state index contributed by atoms with van der Waals surface area (Å²) in [6.45, 7) is 2.24. The van der Waals surface area contributed by atoms with Crippen molar-refractivity contribution in [3.05, 3.63) is 16.9 Å². The summed E-state index contributed by atoms with van der Waals surface area (Å²) in [4.78, 5) is 12.5. The molecule has 1 aliphatic rings. The molecule has 19 heavy (non-hydrogen) atoms. The van der Waals surface area contributed by atoms with Gasteiger partial charge >= 0.3 is 0 Å². The number of ketones is 1. The Labute approximate surface area is 120 Å². The number of rotatable bonds is 5. The number of unbranched alkanes of at least 4 members (excludes halogenated alkanes) is 1. The fraction of sp³-hybridized carbons (Fsp3) is 0.733. The standard InChI is InChI=1S/C15H23ClN2O/c1-3-4-5-11-6-8-12(9-7-11)15(19)14-13(16)10-17-18(14)2/h10-12H,3-9H2,1-2H3. The van der Waals surface area contributed by atoms with Crippen molar-refractivity contribution in [3.63, 3.8) is 0 Å². The largest absolute Gasteiger partial charge is 0.292 e. The maximum Gasteiger partial charge on any atom is 0.185 e. The number of aryl methyl sites for hydroxylation is 1. The minimum atomic E-state index is 0.144. The molecule has 0 unspecified atom stereocenters. The molecule has 0 radical (unpaired) electrons. The van der Waals surface area contributed by atoms with Crippen LogP contribution in [0.2, 0.25) is 5.02 Å². The Hall–Kier alpha value is -0.830. The van der Waals surface area contributed by atoms with E-state index in [9.17, 15) is 4.79 Å². The number of halogens is 1. The van der Waals surface area contributed by atoms with Gasteiger partial charge < -0.3 is 0 Å². The van der Waals surface area contributed by atoms with Crippen molar-refractivity contribution in [1.29, 1.82) is 0 Å². The molecule has 0 bridgehead atoms. The van der Waals surface area contributed by atoms with Crippen LogP contribution in [0.1, 0.15) is 62.4 Å². The Morgan fingerprint density at radius 2 is 2.11 bits per heavy atom. The van der Waals surface area contributed by atoms with Crippen molar-refractivity contribution >= 4 is 17.4 Å². The SMILES string of the molecule is CCCCC1CCC(C(=O)c2c(Cl)cnn2C)CC1. The Morgan fingerprint density at radius 1 is 1.42 bits per heavy atom. The summed E-state index contributed by atoms with van der Waals surface area (Å²) >= 11 is 6.05. The molecule has 2 rings (SSSR count). The summed E-state index contributed by atoms with van der Waals surface area (Å²) in [6.07, 6.45) is 9.85. The fourth-order valence-electron chi connectivity index (χ4n) is 3.09. The number of Topliss-reactive ketones (excluding diaryl/α,β-unsaturated/α-hetero) is 1. The van der Waals surface area contributed by atoms with Crippen molar-refractivity contribution in [2.24, 2.45) is 18.9 Å². The molecule has 0 amide bonds. The predicted molar refractivity (Wildman–Crippen MR) is 77.5 cm³/mol. The molecule has 0 atom stereocenters. The van der Waals surface area contributed by atoms with E-state index in [-0.39, 0.29) is 11.7 Å². The molecule has 0 N–H and O–H groups in total. The highest BCUT2D eigenvalue weighted by molar-refractivity contribution is 6.33. The van der Waals surface area contributed by atoms with Gasteiger partial charge in [0.1, 0.15) is 5.69 Å². The number of carbonyl (C=O) groups excluding carboxylic acids is 1. The Balaban J connectivity index is 1.93. The van der Waals surface area contributed by atoms with Crippen LogP contribution < -0.4 is 0 Å². The molecule has 4 heteroatoms. The molecule has 1 aliphatic carbocycles. The second kappa shape index (κ2) is 6.56. The second-order valence-corrected chi connectivity index (χ2v) is 6.10. The van der Waals surface area contributed by atoms with Crippen molar-refractivity contribution in [1.82, 2.24) is 9.78 Å². The molecule has 1 fully saturated rings. The van der Waals surface area contributed by atoms with Crippen LogP contribution in [0, 0.1) is 11.8 Å². The zero-order chi connectivity index (χ0) is 13.8. The minimum Gasteiger partial charge on any atom is -0.292 e. The summed E-state index contributed by atoms with van der Waals surface area (Å²) < 4.78 is 1.60. The van der Waals surface area contributed by atoms with Gasteiger partial charge in [0.05, 0.1) is 11.2 Å².